The van der Waals surface area contributed by atoms with Gasteiger partial charge in [-0.2, -0.15) is 0 Å². The molecule has 0 fully saturated rings. The second-order valence-corrected chi connectivity index (χ2v) is 7.16. The first kappa shape index (κ1) is 21.1. The maximum absolute atomic E-state index is 12.4. The standard InChI is InChI=1S/C23H20N2O7/c26-11-19(22(28)29)24-21(27)20-18(9-10-31-20)25-23(30)32-12-17-15-7-3-1-5-13(15)14-6-2-4-8-16(14)17/h1-10,17,19,26H,11-12H2,(H,24,27)(H,25,30)(H,28,29)/t19-/m0/s1. The van der Waals surface area contributed by atoms with Crippen LogP contribution in [0.5, 0.6) is 0 Å². The monoisotopic (exact) mass is 436 g/mol. The summed E-state index contributed by atoms with van der Waals surface area (Å²) in [4.78, 5) is 35.7. The number of benzene rings is 2. The molecule has 0 aliphatic heterocycles. The lowest BCUT2D eigenvalue weighted by Crippen LogP contribution is -2.43. The minimum atomic E-state index is -1.50. The van der Waals surface area contributed by atoms with Crippen molar-refractivity contribution in [2.75, 3.05) is 18.5 Å². The van der Waals surface area contributed by atoms with Crippen LogP contribution in [-0.2, 0) is 9.53 Å². The van der Waals surface area contributed by atoms with E-state index in [9.17, 15) is 14.4 Å². The van der Waals surface area contributed by atoms with Gasteiger partial charge in [0.2, 0.25) is 5.76 Å². The maximum Gasteiger partial charge on any atom is 0.411 e. The highest BCUT2D eigenvalue weighted by atomic mass is 16.5. The molecule has 164 valence electrons. The van der Waals surface area contributed by atoms with E-state index in [2.05, 4.69) is 10.6 Å². The van der Waals surface area contributed by atoms with Crippen LogP contribution in [0.2, 0.25) is 0 Å². The summed E-state index contributed by atoms with van der Waals surface area (Å²) in [5.74, 6) is -2.73. The number of ether oxygens (including phenoxy) is 1. The zero-order valence-electron chi connectivity index (χ0n) is 16.8. The number of hydrogen-bond donors (Lipinski definition) is 4. The van der Waals surface area contributed by atoms with Gasteiger partial charge in [0.15, 0.2) is 6.04 Å². The Morgan fingerprint density at radius 1 is 1.00 bits per heavy atom. The highest BCUT2D eigenvalue weighted by Gasteiger charge is 2.29. The van der Waals surface area contributed by atoms with Crippen molar-refractivity contribution in [3.63, 3.8) is 0 Å². The summed E-state index contributed by atoms with van der Waals surface area (Å²) in [5, 5.41) is 22.6. The molecule has 1 aromatic heterocycles. The molecule has 0 unspecified atom stereocenters. The Bertz CT molecular complexity index is 1120. The first-order valence-corrected chi connectivity index (χ1v) is 9.83. The molecule has 1 heterocycles. The van der Waals surface area contributed by atoms with E-state index in [-0.39, 0.29) is 24.0 Å². The van der Waals surface area contributed by atoms with Gasteiger partial charge in [0, 0.05) is 12.0 Å². The SMILES string of the molecule is O=C(Nc1ccoc1C(=O)N[C@@H](CO)C(=O)O)OCC1c2ccccc2-c2ccccc21. The summed E-state index contributed by atoms with van der Waals surface area (Å²) in [6, 6.07) is 15.7. The molecule has 0 radical (unpaired) electrons. The Balaban J connectivity index is 1.42. The van der Waals surface area contributed by atoms with Crippen molar-refractivity contribution in [2.24, 2.45) is 0 Å². The molecule has 32 heavy (non-hydrogen) atoms. The Labute approximate surface area is 182 Å². The van der Waals surface area contributed by atoms with Crippen LogP contribution in [0.25, 0.3) is 11.1 Å². The van der Waals surface area contributed by atoms with Crippen molar-refractivity contribution in [1.82, 2.24) is 5.32 Å². The van der Waals surface area contributed by atoms with E-state index in [1.165, 1.54) is 12.3 Å². The van der Waals surface area contributed by atoms with E-state index in [1.54, 1.807) is 0 Å². The molecule has 3 aromatic rings. The molecule has 9 heteroatoms. The molecule has 1 atom stereocenters. The van der Waals surface area contributed by atoms with E-state index in [0.717, 1.165) is 22.3 Å². The number of carboxylic acids is 1. The van der Waals surface area contributed by atoms with Crippen molar-refractivity contribution >= 4 is 23.7 Å². The van der Waals surface area contributed by atoms with Gasteiger partial charge in [-0.05, 0) is 22.3 Å². The van der Waals surface area contributed by atoms with Gasteiger partial charge in [-0.1, -0.05) is 48.5 Å². The van der Waals surface area contributed by atoms with E-state index < -0.39 is 30.6 Å². The van der Waals surface area contributed by atoms with Gasteiger partial charge in [0.1, 0.15) is 6.61 Å². The molecule has 4 N–H and O–H groups in total. The molecule has 0 saturated heterocycles. The third-order valence-electron chi connectivity index (χ3n) is 5.24. The Kier molecular flexibility index (Phi) is 5.91. The minimum Gasteiger partial charge on any atom is -0.480 e. The second kappa shape index (κ2) is 8.94. The van der Waals surface area contributed by atoms with Crippen LogP contribution in [0.3, 0.4) is 0 Å². The lowest BCUT2D eigenvalue weighted by molar-refractivity contribution is -0.140. The number of hydrogen-bond acceptors (Lipinski definition) is 6. The fourth-order valence-corrected chi connectivity index (χ4v) is 3.74. The van der Waals surface area contributed by atoms with Crippen LogP contribution < -0.4 is 10.6 Å². The zero-order chi connectivity index (χ0) is 22.7. The van der Waals surface area contributed by atoms with Crippen molar-refractivity contribution < 1.29 is 33.8 Å². The van der Waals surface area contributed by atoms with Crippen LogP contribution in [0.4, 0.5) is 10.5 Å². The number of aliphatic hydroxyl groups excluding tert-OH is 1. The molecule has 0 spiro atoms. The summed E-state index contributed by atoms with van der Waals surface area (Å²) in [7, 11) is 0. The second-order valence-electron chi connectivity index (χ2n) is 7.16. The quantitative estimate of drug-likeness (QED) is 0.447. The summed E-state index contributed by atoms with van der Waals surface area (Å²) in [6.45, 7) is -0.707. The number of aliphatic carboxylic acids is 1. The lowest BCUT2D eigenvalue weighted by Gasteiger charge is -2.15. The number of nitrogens with one attached hydrogen (secondary N) is 2. The number of carbonyl (C=O) groups excluding carboxylic acids is 2. The average Bonchev–Trinajstić information content (AvgIpc) is 3.38. The van der Waals surface area contributed by atoms with Gasteiger partial charge in [0.05, 0.1) is 18.6 Å². The first-order chi connectivity index (χ1) is 15.5. The number of aliphatic hydroxyl groups is 1. The van der Waals surface area contributed by atoms with Crippen LogP contribution in [0.15, 0.2) is 65.3 Å². The Hall–Kier alpha value is -4.11. The van der Waals surface area contributed by atoms with Crippen LogP contribution >= 0.6 is 0 Å². The fraction of sp³-hybridized carbons (Fsp3) is 0.174. The largest absolute Gasteiger partial charge is 0.480 e. The number of carboxylic acid groups (broad SMARTS) is 1. The number of rotatable bonds is 7. The van der Waals surface area contributed by atoms with Crippen molar-refractivity contribution in [1.29, 1.82) is 0 Å². The van der Waals surface area contributed by atoms with Crippen LogP contribution in [-0.4, -0.2) is 47.4 Å². The number of carbonyl (C=O) groups is 3. The molecule has 1 aliphatic rings. The molecule has 0 bridgehead atoms. The van der Waals surface area contributed by atoms with Crippen molar-refractivity contribution in [2.45, 2.75) is 12.0 Å². The molecular formula is C23H20N2O7. The highest BCUT2D eigenvalue weighted by molar-refractivity contribution is 6.01. The van der Waals surface area contributed by atoms with Crippen LogP contribution in [0, 0.1) is 0 Å². The molecule has 2 aromatic carbocycles. The Morgan fingerprint density at radius 2 is 1.62 bits per heavy atom. The van der Waals surface area contributed by atoms with E-state index in [0.29, 0.717) is 0 Å². The van der Waals surface area contributed by atoms with Gasteiger partial charge in [0.25, 0.3) is 5.91 Å². The normalized spacial score (nSPS) is 13.0. The number of fused-ring (bicyclic) bond motifs is 3. The molecule has 4 rings (SSSR count). The van der Waals surface area contributed by atoms with Crippen LogP contribution in [0.1, 0.15) is 27.6 Å². The minimum absolute atomic E-state index is 0.0156. The van der Waals surface area contributed by atoms with Gasteiger partial charge in [-0.3, -0.25) is 10.1 Å². The smallest absolute Gasteiger partial charge is 0.411 e. The maximum atomic E-state index is 12.4. The van der Waals surface area contributed by atoms with Crippen molar-refractivity contribution in [3.8, 4) is 11.1 Å². The average molecular weight is 436 g/mol. The highest BCUT2D eigenvalue weighted by Crippen LogP contribution is 2.44. The number of amides is 2. The van der Waals surface area contributed by atoms with Gasteiger partial charge >= 0.3 is 12.1 Å². The molecule has 1 aliphatic carbocycles. The third kappa shape index (κ3) is 4.06. The zero-order valence-corrected chi connectivity index (χ0v) is 16.8. The topological polar surface area (TPSA) is 138 Å². The predicted molar refractivity (Wildman–Crippen MR) is 113 cm³/mol. The van der Waals surface area contributed by atoms with Gasteiger partial charge < -0.3 is 24.7 Å². The van der Waals surface area contributed by atoms with Gasteiger partial charge in [-0.25, -0.2) is 9.59 Å². The van der Waals surface area contributed by atoms with Gasteiger partial charge in [-0.15, -0.1) is 0 Å². The summed E-state index contributed by atoms with van der Waals surface area (Å²) >= 11 is 0. The summed E-state index contributed by atoms with van der Waals surface area (Å²) in [5.41, 5.74) is 4.34. The summed E-state index contributed by atoms with van der Waals surface area (Å²) < 4.78 is 10.5. The molecule has 2 amide bonds. The molecule has 9 nitrogen and oxygen atoms in total. The lowest BCUT2D eigenvalue weighted by atomic mass is 9.98. The van der Waals surface area contributed by atoms with E-state index in [4.69, 9.17) is 19.4 Å². The summed E-state index contributed by atoms with van der Waals surface area (Å²) in [6.07, 6.45) is 0.377. The number of anilines is 1. The number of furan rings is 1. The molecule has 0 saturated carbocycles. The van der Waals surface area contributed by atoms with Crippen molar-refractivity contribution in [3.05, 3.63) is 77.7 Å². The first-order valence-electron chi connectivity index (χ1n) is 9.83. The molecular weight excluding hydrogens is 416 g/mol. The fourth-order valence-electron chi connectivity index (χ4n) is 3.74. The third-order valence-corrected chi connectivity index (χ3v) is 5.24. The van der Waals surface area contributed by atoms with E-state index >= 15 is 0 Å². The Morgan fingerprint density at radius 3 is 2.22 bits per heavy atom. The van der Waals surface area contributed by atoms with E-state index in [1.807, 2.05) is 48.5 Å². The predicted octanol–water partition coefficient (Wildman–Crippen LogP) is 2.82.